The van der Waals surface area contributed by atoms with Gasteiger partial charge in [-0.3, -0.25) is 9.59 Å². The van der Waals surface area contributed by atoms with E-state index >= 15 is 0 Å². The smallest absolute Gasteiger partial charge is 0.308 e. The van der Waals surface area contributed by atoms with Crippen molar-refractivity contribution in [3.63, 3.8) is 0 Å². The molecule has 1 unspecified atom stereocenters. The zero-order valence-electron chi connectivity index (χ0n) is 11.7. The number of aliphatic carboxylic acids is 1. The number of hydrogen-bond donors (Lipinski definition) is 2. The minimum Gasteiger partial charge on any atom is -0.481 e. The molecule has 0 aliphatic rings. The highest BCUT2D eigenvalue weighted by molar-refractivity contribution is 5.92. The number of rotatable bonds is 7. The van der Waals surface area contributed by atoms with E-state index < -0.39 is 11.9 Å². The zero-order chi connectivity index (χ0) is 14.4. The molecule has 0 aliphatic carbocycles. The number of carboxylic acid groups (broad SMARTS) is 1. The van der Waals surface area contributed by atoms with Crippen LogP contribution in [0.4, 0.5) is 0 Å². The van der Waals surface area contributed by atoms with Gasteiger partial charge in [-0.05, 0) is 25.0 Å². The lowest BCUT2D eigenvalue weighted by molar-refractivity contribution is -0.141. The van der Waals surface area contributed by atoms with E-state index in [0.717, 1.165) is 24.2 Å². The van der Waals surface area contributed by atoms with E-state index in [0.29, 0.717) is 6.42 Å². The highest BCUT2D eigenvalue weighted by Crippen LogP contribution is 2.15. The van der Waals surface area contributed by atoms with Crippen molar-refractivity contribution in [3.05, 3.63) is 23.2 Å². The third-order valence-electron chi connectivity index (χ3n) is 3.06. The summed E-state index contributed by atoms with van der Waals surface area (Å²) < 4.78 is 5.42. The van der Waals surface area contributed by atoms with Crippen molar-refractivity contribution < 1.29 is 19.1 Å². The summed E-state index contributed by atoms with van der Waals surface area (Å²) >= 11 is 0. The Hall–Kier alpha value is -1.78. The topological polar surface area (TPSA) is 79.5 Å². The largest absolute Gasteiger partial charge is 0.481 e. The summed E-state index contributed by atoms with van der Waals surface area (Å²) in [5.74, 6) is -0.753. The molecule has 0 saturated heterocycles. The van der Waals surface area contributed by atoms with E-state index in [1.807, 2.05) is 20.8 Å². The zero-order valence-corrected chi connectivity index (χ0v) is 11.7. The van der Waals surface area contributed by atoms with Crippen LogP contribution in [0, 0.1) is 12.8 Å². The molecule has 1 heterocycles. The predicted octanol–water partition coefficient (Wildman–Crippen LogP) is 2.38. The van der Waals surface area contributed by atoms with Gasteiger partial charge in [-0.15, -0.1) is 0 Å². The van der Waals surface area contributed by atoms with E-state index in [9.17, 15) is 9.59 Å². The highest BCUT2D eigenvalue weighted by atomic mass is 16.4. The van der Waals surface area contributed by atoms with Crippen LogP contribution in [0.1, 0.15) is 48.6 Å². The van der Waals surface area contributed by atoms with Crippen LogP contribution in [0.2, 0.25) is 0 Å². The fourth-order valence-corrected chi connectivity index (χ4v) is 1.95. The molecule has 1 amide bonds. The lowest BCUT2D eigenvalue weighted by Crippen LogP contribution is -2.32. The van der Waals surface area contributed by atoms with Gasteiger partial charge in [0.05, 0.1) is 5.92 Å². The molecule has 0 radical (unpaired) electrons. The molecule has 2 N–H and O–H groups in total. The van der Waals surface area contributed by atoms with Gasteiger partial charge in [-0.1, -0.05) is 20.3 Å². The number of hydrogen-bond acceptors (Lipinski definition) is 3. The highest BCUT2D eigenvalue weighted by Gasteiger charge is 2.19. The van der Waals surface area contributed by atoms with Crippen LogP contribution >= 0.6 is 0 Å². The van der Waals surface area contributed by atoms with Gasteiger partial charge in [0, 0.05) is 13.0 Å². The van der Waals surface area contributed by atoms with Crippen molar-refractivity contribution in [2.75, 3.05) is 6.54 Å². The van der Waals surface area contributed by atoms with Gasteiger partial charge in [0.1, 0.15) is 5.76 Å². The molecule has 0 saturated carbocycles. The fraction of sp³-hybridized carbons (Fsp3) is 0.571. The number of amides is 1. The van der Waals surface area contributed by atoms with Crippen molar-refractivity contribution in [3.8, 4) is 0 Å². The number of aryl methyl sites for hydroxylation is 2. The van der Waals surface area contributed by atoms with Crippen LogP contribution in [0.3, 0.4) is 0 Å². The molecular formula is C14H21NO4. The summed E-state index contributed by atoms with van der Waals surface area (Å²) in [6, 6.07) is 1.68. The summed E-state index contributed by atoms with van der Waals surface area (Å²) in [6.45, 7) is 5.88. The normalized spacial score (nSPS) is 12.2. The Morgan fingerprint density at radius 1 is 1.42 bits per heavy atom. The Morgan fingerprint density at radius 2 is 2.11 bits per heavy atom. The van der Waals surface area contributed by atoms with Gasteiger partial charge < -0.3 is 14.8 Å². The molecule has 0 aliphatic heterocycles. The van der Waals surface area contributed by atoms with Gasteiger partial charge in [-0.2, -0.15) is 0 Å². The van der Waals surface area contributed by atoms with E-state index in [2.05, 4.69) is 5.32 Å². The maximum absolute atomic E-state index is 11.9. The first-order valence-electron chi connectivity index (χ1n) is 6.59. The molecule has 0 spiro atoms. The predicted molar refractivity (Wildman–Crippen MR) is 71.2 cm³/mol. The van der Waals surface area contributed by atoms with Crippen molar-refractivity contribution in [1.82, 2.24) is 5.32 Å². The monoisotopic (exact) mass is 267 g/mol. The average molecular weight is 267 g/mol. The number of nitrogens with one attached hydrogen (secondary N) is 1. The van der Waals surface area contributed by atoms with Crippen molar-refractivity contribution in [2.24, 2.45) is 5.92 Å². The SMILES string of the molecule is CCCC(CNC(=O)c1cc(C)c(CC)o1)C(=O)O. The van der Waals surface area contributed by atoms with Crippen molar-refractivity contribution in [2.45, 2.75) is 40.0 Å². The Bertz CT molecular complexity index is 450. The summed E-state index contributed by atoms with van der Waals surface area (Å²) in [5, 5.41) is 11.6. The number of carbonyl (C=O) groups is 2. The van der Waals surface area contributed by atoms with Crippen LogP contribution in [0.15, 0.2) is 10.5 Å². The first-order chi connectivity index (χ1) is 8.99. The van der Waals surface area contributed by atoms with Gasteiger partial charge in [0.15, 0.2) is 5.76 Å². The van der Waals surface area contributed by atoms with Crippen LogP contribution in [0.25, 0.3) is 0 Å². The second-order valence-electron chi connectivity index (χ2n) is 4.60. The quantitative estimate of drug-likeness (QED) is 0.795. The maximum atomic E-state index is 11.9. The van der Waals surface area contributed by atoms with E-state index in [1.165, 1.54) is 0 Å². The Kier molecular flexibility index (Phi) is 5.60. The molecule has 0 fully saturated rings. The Morgan fingerprint density at radius 3 is 2.58 bits per heavy atom. The van der Waals surface area contributed by atoms with Crippen molar-refractivity contribution in [1.29, 1.82) is 0 Å². The molecule has 1 aromatic rings. The van der Waals surface area contributed by atoms with Crippen LogP contribution in [-0.4, -0.2) is 23.5 Å². The van der Waals surface area contributed by atoms with Crippen molar-refractivity contribution >= 4 is 11.9 Å². The van der Waals surface area contributed by atoms with Crippen LogP contribution in [-0.2, 0) is 11.2 Å². The maximum Gasteiger partial charge on any atom is 0.308 e. The molecule has 0 aromatic carbocycles. The molecule has 1 atom stereocenters. The molecular weight excluding hydrogens is 246 g/mol. The minimum absolute atomic E-state index is 0.128. The van der Waals surface area contributed by atoms with E-state index in [-0.39, 0.29) is 18.2 Å². The standard InChI is InChI=1S/C14H21NO4/c1-4-6-10(14(17)18)8-15-13(16)12-7-9(3)11(5-2)19-12/h7,10H,4-6,8H2,1-3H3,(H,15,16)(H,17,18). The first-order valence-corrected chi connectivity index (χ1v) is 6.59. The molecule has 5 nitrogen and oxygen atoms in total. The van der Waals surface area contributed by atoms with E-state index in [1.54, 1.807) is 6.07 Å². The third-order valence-corrected chi connectivity index (χ3v) is 3.06. The molecule has 5 heteroatoms. The number of furan rings is 1. The van der Waals surface area contributed by atoms with Crippen LogP contribution < -0.4 is 5.32 Å². The van der Waals surface area contributed by atoms with E-state index in [4.69, 9.17) is 9.52 Å². The summed E-state index contributed by atoms with van der Waals surface area (Å²) in [7, 11) is 0. The van der Waals surface area contributed by atoms with Gasteiger partial charge in [0.2, 0.25) is 0 Å². The molecule has 19 heavy (non-hydrogen) atoms. The average Bonchev–Trinajstić information content (AvgIpc) is 2.75. The second kappa shape index (κ2) is 6.97. The molecule has 0 bridgehead atoms. The lowest BCUT2D eigenvalue weighted by Gasteiger charge is -2.11. The number of carbonyl (C=O) groups excluding carboxylic acids is 1. The molecule has 1 rings (SSSR count). The van der Waals surface area contributed by atoms with Gasteiger partial charge in [0.25, 0.3) is 5.91 Å². The Balaban J connectivity index is 2.61. The summed E-state index contributed by atoms with van der Waals surface area (Å²) in [6.07, 6.45) is 2.05. The van der Waals surface area contributed by atoms with Gasteiger partial charge >= 0.3 is 5.97 Å². The van der Waals surface area contributed by atoms with Crippen LogP contribution in [0.5, 0.6) is 0 Å². The number of carboxylic acids is 1. The Labute approximate surface area is 113 Å². The first kappa shape index (κ1) is 15.3. The fourth-order valence-electron chi connectivity index (χ4n) is 1.95. The lowest BCUT2D eigenvalue weighted by atomic mass is 10.0. The molecule has 106 valence electrons. The van der Waals surface area contributed by atoms with Gasteiger partial charge in [-0.25, -0.2) is 0 Å². The minimum atomic E-state index is -0.882. The molecule has 1 aromatic heterocycles. The second-order valence-corrected chi connectivity index (χ2v) is 4.60. The summed E-state index contributed by atoms with van der Waals surface area (Å²) in [4.78, 5) is 22.8. The third kappa shape index (κ3) is 4.12. The summed E-state index contributed by atoms with van der Waals surface area (Å²) in [5.41, 5.74) is 0.941.